The van der Waals surface area contributed by atoms with Gasteiger partial charge in [0.2, 0.25) is 10.0 Å². The topological polar surface area (TPSA) is 130 Å². The standard InChI is InChI=1S/C30H37N5O5S/c1-4-23-16-24(40-33-23)17-31-18-28(36)25(13-20-9-7-6-8-10-20)32-30(37)22-14-26-29-21(11-12-41(38,39)34(26)3)19-35(5-2)27(29)15-22/h6-10,14-16,19,25,28,31,36H,4-5,11-13,17-18H2,1-3H3,(H,32,37)/t25-,28?/m0/s1. The summed E-state index contributed by atoms with van der Waals surface area (Å²) in [7, 11) is -1.99. The summed E-state index contributed by atoms with van der Waals surface area (Å²) < 4.78 is 34.5. The van der Waals surface area contributed by atoms with Gasteiger partial charge in [-0.1, -0.05) is 42.4 Å². The van der Waals surface area contributed by atoms with Gasteiger partial charge in [-0.3, -0.25) is 9.10 Å². The zero-order valence-corrected chi connectivity index (χ0v) is 24.4. The predicted molar refractivity (Wildman–Crippen MR) is 159 cm³/mol. The highest BCUT2D eigenvalue weighted by atomic mass is 32.2. The second kappa shape index (κ2) is 12.1. The average Bonchev–Trinajstić information content (AvgIpc) is 3.57. The van der Waals surface area contributed by atoms with E-state index in [0.29, 0.717) is 42.9 Å². The lowest BCUT2D eigenvalue weighted by molar-refractivity contribution is 0.0828. The van der Waals surface area contributed by atoms with Gasteiger partial charge >= 0.3 is 0 Å². The number of carbonyl (C=O) groups excluding carboxylic acids is 1. The van der Waals surface area contributed by atoms with Gasteiger partial charge < -0.3 is 24.8 Å². The van der Waals surface area contributed by atoms with E-state index in [1.54, 1.807) is 6.07 Å². The zero-order valence-electron chi connectivity index (χ0n) is 23.6. The number of benzene rings is 2. The van der Waals surface area contributed by atoms with E-state index < -0.39 is 22.2 Å². The fourth-order valence-corrected chi connectivity index (χ4v) is 6.54. The molecule has 2 atom stereocenters. The highest BCUT2D eigenvalue weighted by molar-refractivity contribution is 7.92. The van der Waals surface area contributed by atoms with E-state index in [0.717, 1.165) is 34.1 Å². The van der Waals surface area contributed by atoms with Gasteiger partial charge in [-0.2, -0.15) is 0 Å². The van der Waals surface area contributed by atoms with Gasteiger partial charge in [0.15, 0.2) is 5.76 Å². The van der Waals surface area contributed by atoms with Crippen LogP contribution >= 0.6 is 0 Å². The van der Waals surface area contributed by atoms with Gasteiger partial charge in [0.1, 0.15) is 0 Å². The summed E-state index contributed by atoms with van der Waals surface area (Å²) in [6.45, 7) is 5.31. The van der Waals surface area contributed by atoms with Crippen LogP contribution < -0.4 is 14.9 Å². The fourth-order valence-electron chi connectivity index (χ4n) is 5.34. The number of nitrogens with one attached hydrogen (secondary N) is 2. The Kier molecular flexibility index (Phi) is 8.48. The lowest BCUT2D eigenvalue weighted by atomic mass is 10.00. The Balaban J connectivity index is 1.41. The average molecular weight is 580 g/mol. The Hall–Kier alpha value is -3.67. The third-order valence-electron chi connectivity index (χ3n) is 7.73. The molecule has 1 unspecified atom stereocenters. The first-order chi connectivity index (χ1) is 19.7. The molecule has 2 aromatic carbocycles. The van der Waals surface area contributed by atoms with E-state index in [4.69, 9.17) is 4.52 Å². The molecule has 0 aliphatic carbocycles. The number of aliphatic hydroxyl groups is 1. The molecular weight excluding hydrogens is 542 g/mol. The van der Waals surface area contributed by atoms with E-state index in [1.807, 2.05) is 67.1 Å². The number of amides is 1. The number of rotatable bonds is 11. The van der Waals surface area contributed by atoms with Crippen molar-refractivity contribution >= 4 is 32.5 Å². The van der Waals surface area contributed by atoms with Crippen molar-refractivity contribution in [2.75, 3.05) is 23.7 Å². The molecule has 218 valence electrons. The molecule has 0 radical (unpaired) electrons. The highest BCUT2D eigenvalue weighted by Crippen LogP contribution is 2.37. The molecule has 0 spiro atoms. The number of carbonyl (C=O) groups is 1. The zero-order chi connectivity index (χ0) is 29.1. The van der Waals surface area contributed by atoms with Crippen LogP contribution in [0.15, 0.2) is 59.3 Å². The lowest BCUT2D eigenvalue weighted by Crippen LogP contribution is -2.48. The minimum atomic E-state index is -3.52. The monoisotopic (exact) mass is 579 g/mol. The molecule has 11 heteroatoms. The molecule has 4 aromatic rings. The number of nitrogens with zero attached hydrogens (tertiary/aromatic N) is 3. The van der Waals surface area contributed by atoms with Crippen LogP contribution in [-0.2, 0) is 42.4 Å². The van der Waals surface area contributed by atoms with Crippen molar-refractivity contribution in [3.05, 3.63) is 82.9 Å². The number of aromatic nitrogens is 2. The molecule has 1 aliphatic heterocycles. The number of sulfonamides is 1. The smallest absolute Gasteiger partial charge is 0.251 e. The van der Waals surface area contributed by atoms with Gasteiger partial charge in [-0.25, -0.2) is 8.42 Å². The summed E-state index contributed by atoms with van der Waals surface area (Å²) in [6.07, 6.45) is 2.68. The molecule has 1 amide bonds. The Morgan fingerprint density at radius 3 is 2.66 bits per heavy atom. The summed E-state index contributed by atoms with van der Waals surface area (Å²) in [6, 6.07) is 14.4. The van der Waals surface area contributed by atoms with Crippen LogP contribution in [0.4, 0.5) is 5.69 Å². The normalized spacial score (nSPS) is 16.0. The van der Waals surface area contributed by atoms with E-state index in [9.17, 15) is 18.3 Å². The van der Waals surface area contributed by atoms with Crippen molar-refractivity contribution < 1.29 is 22.8 Å². The third-order valence-corrected chi connectivity index (χ3v) is 9.48. The Morgan fingerprint density at radius 2 is 1.95 bits per heavy atom. The van der Waals surface area contributed by atoms with Crippen LogP contribution in [0.1, 0.15) is 46.8 Å². The molecule has 0 saturated carbocycles. The van der Waals surface area contributed by atoms with E-state index in [1.165, 1.54) is 11.4 Å². The number of hydrogen-bond donors (Lipinski definition) is 3. The number of aryl methyl sites for hydroxylation is 3. The molecule has 3 N–H and O–H groups in total. The third kappa shape index (κ3) is 6.17. The maximum Gasteiger partial charge on any atom is 0.251 e. The summed E-state index contributed by atoms with van der Waals surface area (Å²) in [5.74, 6) is 0.300. The molecule has 5 rings (SSSR count). The summed E-state index contributed by atoms with van der Waals surface area (Å²) >= 11 is 0. The molecule has 10 nitrogen and oxygen atoms in total. The van der Waals surface area contributed by atoms with Crippen molar-refractivity contribution in [3.8, 4) is 0 Å². The van der Waals surface area contributed by atoms with Gasteiger partial charge in [-0.05, 0) is 49.4 Å². The van der Waals surface area contributed by atoms with E-state index in [2.05, 4.69) is 15.8 Å². The second-order valence-corrected chi connectivity index (χ2v) is 12.6. The number of anilines is 1. The van der Waals surface area contributed by atoms with Crippen LogP contribution in [0.2, 0.25) is 0 Å². The number of hydrogen-bond acceptors (Lipinski definition) is 7. The minimum absolute atomic E-state index is 0.00864. The Bertz CT molecular complexity index is 1630. The van der Waals surface area contributed by atoms with E-state index in [-0.39, 0.29) is 18.2 Å². The SMILES string of the molecule is CCc1cc(CNCC(O)[C@H](Cc2ccccc2)NC(=O)c2cc3c4c(cn(CC)c4c2)CCS(=O)(=O)N3C)on1. The first kappa shape index (κ1) is 28.8. The first-order valence-corrected chi connectivity index (χ1v) is 15.6. The molecule has 0 bridgehead atoms. The fraction of sp³-hybridized carbons (Fsp3) is 0.400. The second-order valence-electron chi connectivity index (χ2n) is 10.5. The molecular formula is C30H37N5O5S. The maximum atomic E-state index is 13.7. The molecule has 1 aliphatic rings. The van der Waals surface area contributed by atoms with Gasteiger partial charge in [0.25, 0.3) is 5.91 Å². The van der Waals surface area contributed by atoms with Crippen LogP contribution in [-0.4, -0.2) is 60.6 Å². The largest absolute Gasteiger partial charge is 0.390 e. The maximum absolute atomic E-state index is 13.7. The van der Waals surface area contributed by atoms with Crippen molar-refractivity contribution in [2.24, 2.45) is 0 Å². The first-order valence-electron chi connectivity index (χ1n) is 14.0. The summed E-state index contributed by atoms with van der Waals surface area (Å²) in [5.41, 5.74) is 4.43. The lowest BCUT2D eigenvalue weighted by Gasteiger charge is -2.25. The molecule has 41 heavy (non-hydrogen) atoms. The molecule has 2 aromatic heterocycles. The molecule has 0 fully saturated rings. The molecule has 0 saturated heterocycles. The van der Waals surface area contributed by atoms with Gasteiger partial charge in [0, 0.05) is 43.4 Å². The van der Waals surface area contributed by atoms with Gasteiger partial charge in [-0.15, -0.1) is 0 Å². The Morgan fingerprint density at radius 1 is 1.17 bits per heavy atom. The minimum Gasteiger partial charge on any atom is -0.390 e. The van der Waals surface area contributed by atoms with Crippen LogP contribution in [0.3, 0.4) is 0 Å². The quantitative estimate of drug-likeness (QED) is 0.249. The molecule has 3 heterocycles. The van der Waals surface area contributed by atoms with Crippen molar-refractivity contribution in [2.45, 2.75) is 58.3 Å². The van der Waals surface area contributed by atoms with Crippen LogP contribution in [0, 0.1) is 0 Å². The van der Waals surface area contributed by atoms with Gasteiger partial charge in [0.05, 0.1) is 41.3 Å². The predicted octanol–water partition coefficient (Wildman–Crippen LogP) is 3.03. The van der Waals surface area contributed by atoms with Crippen LogP contribution in [0.25, 0.3) is 10.9 Å². The Labute approximate surface area is 240 Å². The van der Waals surface area contributed by atoms with E-state index >= 15 is 0 Å². The summed E-state index contributed by atoms with van der Waals surface area (Å²) in [5, 5.41) is 22.3. The van der Waals surface area contributed by atoms with Crippen LogP contribution in [0.5, 0.6) is 0 Å². The van der Waals surface area contributed by atoms with Crippen molar-refractivity contribution in [3.63, 3.8) is 0 Å². The number of aliphatic hydroxyl groups excluding tert-OH is 1. The van der Waals surface area contributed by atoms with Crippen molar-refractivity contribution in [1.82, 2.24) is 20.4 Å². The summed E-state index contributed by atoms with van der Waals surface area (Å²) in [4.78, 5) is 13.7. The highest BCUT2D eigenvalue weighted by Gasteiger charge is 2.29. The van der Waals surface area contributed by atoms with Crippen molar-refractivity contribution in [1.29, 1.82) is 0 Å².